The highest BCUT2D eigenvalue weighted by molar-refractivity contribution is 7.92. The van der Waals surface area contributed by atoms with Gasteiger partial charge in [0.25, 0.3) is 0 Å². The number of sulfone groups is 1. The van der Waals surface area contributed by atoms with Gasteiger partial charge in [0, 0.05) is 28.7 Å². The maximum absolute atomic E-state index is 12.2. The number of nitrogens with one attached hydrogen (secondary N) is 2. The largest absolute Gasteiger partial charge is 0.361 e. The number of halogens is 1. The molecule has 3 aromatic rings. The van der Waals surface area contributed by atoms with Crippen LogP contribution < -0.4 is 5.32 Å². The summed E-state index contributed by atoms with van der Waals surface area (Å²) in [7, 11) is -3.67. The number of rotatable bonds is 6. The summed E-state index contributed by atoms with van der Waals surface area (Å²) >= 11 is 5.75. The molecule has 1 heterocycles. The van der Waals surface area contributed by atoms with Crippen LogP contribution in [-0.4, -0.2) is 31.6 Å². The van der Waals surface area contributed by atoms with Crippen molar-refractivity contribution in [2.24, 2.45) is 0 Å². The molecule has 1 aromatic heterocycles. The second kappa shape index (κ2) is 7.29. The number of benzene rings is 2. The molecule has 0 fully saturated rings. The van der Waals surface area contributed by atoms with E-state index in [1.54, 1.807) is 0 Å². The molecule has 25 heavy (non-hydrogen) atoms. The lowest BCUT2D eigenvalue weighted by molar-refractivity contribution is -0.118. The van der Waals surface area contributed by atoms with Crippen molar-refractivity contribution in [3.05, 3.63) is 65.3 Å². The van der Waals surface area contributed by atoms with Gasteiger partial charge in [0.15, 0.2) is 9.84 Å². The van der Waals surface area contributed by atoms with Crippen molar-refractivity contribution in [2.45, 2.75) is 11.3 Å². The van der Waals surface area contributed by atoms with Crippen LogP contribution >= 0.6 is 11.6 Å². The zero-order valence-corrected chi connectivity index (χ0v) is 14.9. The van der Waals surface area contributed by atoms with Gasteiger partial charge in [-0.2, -0.15) is 0 Å². The number of para-hydroxylation sites is 1. The second-order valence-electron chi connectivity index (χ2n) is 5.67. The summed E-state index contributed by atoms with van der Waals surface area (Å²) in [6.45, 7) is 0.372. The Balaban J connectivity index is 1.57. The molecule has 0 unspecified atom stereocenters. The molecule has 2 aromatic carbocycles. The molecule has 0 saturated heterocycles. The maximum atomic E-state index is 12.2. The molecule has 0 aliphatic heterocycles. The van der Waals surface area contributed by atoms with Gasteiger partial charge in [0.05, 0.1) is 4.90 Å². The van der Waals surface area contributed by atoms with Gasteiger partial charge < -0.3 is 10.3 Å². The number of carbonyl (C=O) groups excluding carboxylic acids is 1. The summed E-state index contributed by atoms with van der Waals surface area (Å²) in [6, 6.07) is 13.7. The molecule has 130 valence electrons. The lowest BCUT2D eigenvalue weighted by Crippen LogP contribution is -2.31. The summed E-state index contributed by atoms with van der Waals surface area (Å²) in [5.74, 6) is -1.10. The van der Waals surface area contributed by atoms with E-state index in [4.69, 9.17) is 11.6 Å². The molecular formula is C18H17ClN2O3S. The summed E-state index contributed by atoms with van der Waals surface area (Å²) in [5, 5.41) is 4.21. The topological polar surface area (TPSA) is 79.0 Å². The van der Waals surface area contributed by atoms with E-state index in [9.17, 15) is 13.2 Å². The molecule has 2 N–H and O–H groups in total. The Labute approximate surface area is 150 Å². The smallest absolute Gasteiger partial charge is 0.235 e. The average Bonchev–Trinajstić information content (AvgIpc) is 2.98. The van der Waals surface area contributed by atoms with Crippen molar-refractivity contribution < 1.29 is 13.2 Å². The molecule has 0 bridgehead atoms. The van der Waals surface area contributed by atoms with Crippen LogP contribution in [0.15, 0.2) is 59.6 Å². The number of amides is 1. The predicted molar refractivity (Wildman–Crippen MR) is 98.5 cm³/mol. The van der Waals surface area contributed by atoms with Crippen LogP contribution in [0.4, 0.5) is 0 Å². The number of hydrogen-bond acceptors (Lipinski definition) is 3. The van der Waals surface area contributed by atoms with Crippen LogP contribution in [0.25, 0.3) is 10.9 Å². The van der Waals surface area contributed by atoms with Crippen LogP contribution in [0.3, 0.4) is 0 Å². The third-order valence-corrected chi connectivity index (χ3v) is 5.77. The first-order chi connectivity index (χ1) is 12.0. The van der Waals surface area contributed by atoms with E-state index in [1.807, 2.05) is 30.5 Å². The van der Waals surface area contributed by atoms with Gasteiger partial charge in [-0.05, 0) is 42.3 Å². The highest BCUT2D eigenvalue weighted by Crippen LogP contribution is 2.18. The van der Waals surface area contributed by atoms with Crippen LogP contribution in [0.5, 0.6) is 0 Å². The summed E-state index contributed by atoms with van der Waals surface area (Å²) in [4.78, 5) is 15.2. The van der Waals surface area contributed by atoms with E-state index in [0.717, 1.165) is 16.5 Å². The van der Waals surface area contributed by atoms with Gasteiger partial charge in [0.1, 0.15) is 5.75 Å². The van der Waals surface area contributed by atoms with Crippen molar-refractivity contribution in [1.29, 1.82) is 0 Å². The maximum Gasteiger partial charge on any atom is 0.235 e. The molecule has 5 nitrogen and oxygen atoms in total. The van der Waals surface area contributed by atoms with Gasteiger partial charge in [-0.1, -0.05) is 29.8 Å². The van der Waals surface area contributed by atoms with Crippen LogP contribution in [-0.2, 0) is 21.1 Å². The van der Waals surface area contributed by atoms with Crippen molar-refractivity contribution in [3.63, 3.8) is 0 Å². The number of H-pyrrole nitrogens is 1. The Morgan fingerprint density at radius 3 is 2.56 bits per heavy atom. The Bertz CT molecular complexity index is 995. The SMILES string of the molecule is O=C(CS(=O)(=O)c1ccc(Cl)cc1)NCCc1c[nH]c2ccccc12. The number of carbonyl (C=O) groups is 1. The van der Waals surface area contributed by atoms with Gasteiger partial charge >= 0.3 is 0 Å². The van der Waals surface area contributed by atoms with E-state index in [1.165, 1.54) is 24.3 Å². The summed E-state index contributed by atoms with van der Waals surface area (Å²) < 4.78 is 24.4. The molecule has 0 aliphatic rings. The summed E-state index contributed by atoms with van der Waals surface area (Å²) in [5.41, 5.74) is 2.12. The number of fused-ring (bicyclic) bond motifs is 1. The normalized spacial score (nSPS) is 11.6. The molecule has 0 saturated carbocycles. The van der Waals surface area contributed by atoms with Gasteiger partial charge in [0.2, 0.25) is 5.91 Å². The van der Waals surface area contributed by atoms with Crippen molar-refractivity contribution in [1.82, 2.24) is 10.3 Å². The first-order valence-corrected chi connectivity index (χ1v) is 9.79. The third kappa shape index (κ3) is 4.21. The highest BCUT2D eigenvalue weighted by Gasteiger charge is 2.19. The minimum atomic E-state index is -3.67. The molecule has 7 heteroatoms. The van der Waals surface area contributed by atoms with E-state index < -0.39 is 21.5 Å². The quantitative estimate of drug-likeness (QED) is 0.694. The molecule has 0 atom stereocenters. The molecule has 0 radical (unpaired) electrons. The molecule has 1 amide bonds. The number of aromatic nitrogens is 1. The van der Waals surface area contributed by atoms with Gasteiger partial charge in [-0.3, -0.25) is 4.79 Å². The fourth-order valence-corrected chi connectivity index (χ4v) is 3.91. The van der Waals surface area contributed by atoms with Crippen LogP contribution in [0, 0.1) is 0 Å². The van der Waals surface area contributed by atoms with Gasteiger partial charge in [-0.25, -0.2) is 8.42 Å². The fraction of sp³-hybridized carbons (Fsp3) is 0.167. The monoisotopic (exact) mass is 376 g/mol. The van der Waals surface area contributed by atoms with Crippen LogP contribution in [0.2, 0.25) is 5.02 Å². The highest BCUT2D eigenvalue weighted by atomic mass is 35.5. The lowest BCUT2D eigenvalue weighted by Gasteiger charge is -2.06. The molecule has 0 aliphatic carbocycles. The van der Waals surface area contributed by atoms with Crippen molar-refractivity contribution in [2.75, 3.05) is 12.3 Å². The lowest BCUT2D eigenvalue weighted by atomic mass is 10.1. The molecule has 0 spiro atoms. The van der Waals surface area contributed by atoms with Crippen molar-refractivity contribution >= 4 is 38.2 Å². The second-order valence-corrected chi connectivity index (χ2v) is 8.10. The Kier molecular flexibility index (Phi) is 5.11. The first-order valence-electron chi connectivity index (χ1n) is 7.76. The van der Waals surface area contributed by atoms with E-state index >= 15 is 0 Å². The fourth-order valence-electron chi connectivity index (χ4n) is 2.62. The summed E-state index contributed by atoms with van der Waals surface area (Å²) in [6.07, 6.45) is 2.53. The predicted octanol–water partition coefficient (Wildman–Crippen LogP) is 2.95. The minimum absolute atomic E-state index is 0.0867. The number of aromatic amines is 1. The Morgan fingerprint density at radius 2 is 1.80 bits per heavy atom. The molecular weight excluding hydrogens is 360 g/mol. The minimum Gasteiger partial charge on any atom is -0.361 e. The standard InChI is InChI=1S/C18H17ClN2O3S/c19-14-5-7-15(8-6-14)25(23,24)12-18(22)20-10-9-13-11-21-17-4-2-1-3-16(13)17/h1-8,11,21H,9-10,12H2,(H,20,22). The zero-order chi connectivity index (χ0) is 17.9. The average molecular weight is 377 g/mol. The number of hydrogen-bond donors (Lipinski definition) is 2. The van der Waals surface area contributed by atoms with Crippen molar-refractivity contribution in [3.8, 4) is 0 Å². The van der Waals surface area contributed by atoms with E-state index in [-0.39, 0.29) is 4.90 Å². The first kappa shape index (κ1) is 17.5. The third-order valence-electron chi connectivity index (χ3n) is 3.89. The van der Waals surface area contributed by atoms with E-state index in [2.05, 4.69) is 10.3 Å². The van der Waals surface area contributed by atoms with E-state index in [0.29, 0.717) is 18.0 Å². The molecule has 3 rings (SSSR count). The zero-order valence-electron chi connectivity index (χ0n) is 13.3. The van der Waals surface area contributed by atoms with Gasteiger partial charge in [-0.15, -0.1) is 0 Å². The van der Waals surface area contributed by atoms with Crippen LogP contribution in [0.1, 0.15) is 5.56 Å². The Morgan fingerprint density at radius 1 is 1.08 bits per heavy atom. The Hall–Kier alpha value is -2.31.